The molecule has 0 unspecified atom stereocenters. The van der Waals surface area contributed by atoms with E-state index in [0.29, 0.717) is 17.1 Å². The highest BCUT2D eigenvalue weighted by atomic mass is 32.2. The van der Waals surface area contributed by atoms with Crippen molar-refractivity contribution >= 4 is 21.8 Å². The van der Waals surface area contributed by atoms with Gasteiger partial charge in [-0.25, -0.2) is 13.2 Å². The van der Waals surface area contributed by atoms with Crippen molar-refractivity contribution in [3.63, 3.8) is 0 Å². The normalized spacial score (nSPS) is 19.4. The molecule has 2 N–H and O–H groups in total. The summed E-state index contributed by atoms with van der Waals surface area (Å²) in [6.07, 6.45) is 0. The van der Waals surface area contributed by atoms with Gasteiger partial charge >= 0.3 is 12.0 Å². The summed E-state index contributed by atoms with van der Waals surface area (Å²) in [7, 11) is -1.03. The van der Waals surface area contributed by atoms with E-state index >= 15 is 0 Å². The standard InChI is InChI=1S/C23H26N2O7S/c1-5-32-22(26)20-18(13-33(28,29)16-9-6-14(2)7-10-16)24-23(27)25-21(20)17-11-8-15(30-3)12-19(17)31-4/h6-13,20-21H,5H2,1-4H3,(H2,24,25,27)/b18-13+/t20-,21+/m1/s1. The number of nitrogens with one attached hydrogen (secondary N) is 2. The Morgan fingerprint density at radius 1 is 1.09 bits per heavy atom. The molecular formula is C23H26N2O7S. The monoisotopic (exact) mass is 474 g/mol. The smallest absolute Gasteiger partial charge is 0.319 e. The summed E-state index contributed by atoms with van der Waals surface area (Å²) in [6, 6.07) is 9.56. The first-order chi connectivity index (χ1) is 15.7. The van der Waals surface area contributed by atoms with Crippen LogP contribution in [-0.4, -0.2) is 41.2 Å². The topological polar surface area (TPSA) is 120 Å². The maximum atomic E-state index is 13.1. The van der Waals surface area contributed by atoms with Gasteiger partial charge in [0.25, 0.3) is 0 Å². The molecule has 0 spiro atoms. The van der Waals surface area contributed by atoms with Crippen LogP contribution >= 0.6 is 0 Å². The van der Waals surface area contributed by atoms with Gasteiger partial charge in [0.05, 0.1) is 37.2 Å². The van der Waals surface area contributed by atoms with Crippen LogP contribution in [0.4, 0.5) is 4.79 Å². The Morgan fingerprint density at radius 3 is 2.39 bits per heavy atom. The van der Waals surface area contributed by atoms with Crippen LogP contribution in [0, 0.1) is 12.8 Å². The Kier molecular flexibility index (Phi) is 7.27. The fraction of sp³-hybridized carbons (Fsp3) is 0.304. The first kappa shape index (κ1) is 24.1. The van der Waals surface area contributed by atoms with E-state index in [0.717, 1.165) is 11.0 Å². The molecule has 0 aliphatic carbocycles. The van der Waals surface area contributed by atoms with Gasteiger partial charge in [-0.05, 0) is 38.1 Å². The third-order valence-corrected chi connectivity index (χ3v) is 6.65. The zero-order valence-electron chi connectivity index (χ0n) is 18.7. The second-order valence-corrected chi connectivity index (χ2v) is 9.14. The number of sulfone groups is 1. The first-order valence-electron chi connectivity index (χ1n) is 10.2. The van der Waals surface area contributed by atoms with Gasteiger partial charge in [-0.2, -0.15) is 0 Å². The van der Waals surface area contributed by atoms with Gasteiger partial charge in [-0.3, -0.25) is 4.79 Å². The summed E-state index contributed by atoms with van der Waals surface area (Å²) < 4.78 is 42.0. The van der Waals surface area contributed by atoms with Crippen LogP contribution in [0.2, 0.25) is 0 Å². The summed E-state index contributed by atoms with van der Waals surface area (Å²) >= 11 is 0. The average molecular weight is 475 g/mol. The Labute approximate surface area is 192 Å². The summed E-state index contributed by atoms with van der Waals surface area (Å²) in [4.78, 5) is 25.5. The molecule has 0 bridgehead atoms. The number of rotatable bonds is 7. The molecule has 2 aromatic rings. The summed E-state index contributed by atoms with van der Waals surface area (Å²) in [5.41, 5.74) is 1.26. The van der Waals surface area contributed by atoms with Crippen LogP contribution in [0.25, 0.3) is 0 Å². The third kappa shape index (κ3) is 5.28. The molecule has 1 aliphatic heterocycles. The number of amides is 2. The number of benzene rings is 2. The van der Waals surface area contributed by atoms with Crippen molar-refractivity contribution in [2.45, 2.75) is 24.8 Å². The number of aryl methyl sites for hydroxylation is 1. The van der Waals surface area contributed by atoms with Crippen molar-refractivity contribution in [2.75, 3.05) is 20.8 Å². The molecule has 33 heavy (non-hydrogen) atoms. The van der Waals surface area contributed by atoms with Gasteiger partial charge in [0.2, 0.25) is 9.84 Å². The van der Waals surface area contributed by atoms with Crippen LogP contribution in [0.3, 0.4) is 0 Å². The van der Waals surface area contributed by atoms with Crippen molar-refractivity contribution in [1.29, 1.82) is 0 Å². The van der Waals surface area contributed by atoms with E-state index in [1.807, 2.05) is 6.92 Å². The number of carbonyl (C=O) groups excluding carboxylic acids is 2. The predicted molar refractivity (Wildman–Crippen MR) is 121 cm³/mol. The number of urea groups is 1. The van der Waals surface area contributed by atoms with E-state index < -0.39 is 33.8 Å². The third-order valence-electron chi connectivity index (χ3n) is 5.16. The molecule has 3 rings (SSSR count). The van der Waals surface area contributed by atoms with E-state index in [9.17, 15) is 18.0 Å². The van der Waals surface area contributed by atoms with E-state index in [2.05, 4.69) is 10.6 Å². The van der Waals surface area contributed by atoms with Crippen LogP contribution < -0.4 is 20.1 Å². The maximum Gasteiger partial charge on any atom is 0.319 e. The minimum atomic E-state index is -3.98. The summed E-state index contributed by atoms with van der Waals surface area (Å²) in [6.45, 7) is 3.56. The van der Waals surface area contributed by atoms with E-state index in [1.165, 1.54) is 26.4 Å². The zero-order valence-corrected chi connectivity index (χ0v) is 19.6. The number of ether oxygens (including phenoxy) is 3. The van der Waals surface area contributed by atoms with Gasteiger partial charge < -0.3 is 24.8 Å². The van der Waals surface area contributed by atoms with Gasteiger partial charge in [0, 0.05) is 17.3 Å². The fourth-order valence-corrected chi connectivity index (χ4v) is 4.73. The molecule has 0 saturated carbocycles. The molecule has 176 valence electrons. The lowest BCUT2D eigenvalue weighted by molar-refractivity contribution is -0.147. The first-order valence-corrected chi connectivity index (χ1v) is 11.7. The lowest BCUT2D eigenvalue weighted by atomic mass is 9.88. The van der Waals surface area contributed by atoms with Crippen LogP contribution in [0.5, 0.6) is 11.5 Å². The van der Waals surface area contributed by atoms with Crippen molar-refractivity contribution in [1.82, 2.24) is 10.6 Å². The maximum absolute atomic E-state index is 13.1. The minimum absolute atomic E-state index is 0.0366. The predicted octanol–water partition coefficient (Wildman–Crippen LogP) is 2.86. The zero-order chi connectivity index (χ0) is 24.2. The number of hydrogen-bond acceptors (Lipinski definition) is 7. The number of carbonyl (C=O) groups is 2. The van der Waals surface area contributed by atoms with Crippen LogP contribution in [-0.2, 0) is 19.4 Å². The molecule has 1 aliphatic rings. The lowest BCUT2D eigenvalue weighted by Gasteiger charge is -2.34. The second-order valence-electron chi connectivity index (χ2n) is 7.34. The molecule has 1 saturated heterocycles. The van der Waals surface area contributed by atoms with E-state index in [4.69, 9.17) is 14.2 Å². The Morgan fingerprint density at radius 2 is 1.79 bits per heavy atom. The van der Waals surface area contributed by atoms with E-state index in [-0.39, 0.29) is 17.2 Å². The van der Waals surface area contributed by atoms with Crippen molar-refractivity contribution in [3.05, 3.63) is 64.7 Å². The minimum Gasteiger partial charge on any atom is -0.497 e. The number of methoxy groups -OCH3 is 2. The molecule has 9 nitrogen and oxygen atoms in total. The van der Waals surface area contributed by atoms with Gasteiger partial charge in [0.1, 0.15) is 17.4 Å². The number of esters is 1. The Bertz CT molecular complexity index is 1170. The quantitative estimate of drug-likeness (QED) is 0.592. The molecule has 2 amide bonds. The van der Waals surface area contributed by atoms with Crippen LogP contribution in [0.15, 0.2) is 58.5 Å². The average Bonchev–Trinajstić information content (AvgIpc) is 2.78. The molecule has 0 aromatic heterocycles. The second kappa shape index (κ2) is 9.95. The van der Waals surface area contributed by atoms with Gasteiger partial charge in [-0.1, -0.05) is 17.7 Å². The highest BCUT2D eigenvalue weighted by Gasteiger charge is 2.42. The Balaban J connectivity index is 2.14. The van der Waals surface area contributed by atoms with E-state index in [1.54, 1.807) is 37.3 Å². The fourth-order valence-electron chi connectivity index (χ4n) is 3.54. The molecule has 0 radical (unpaired) electrons. The highest BCUT2D eigenvalue weighted by molar-refractivity contribution is 7.94. The van der Waals surface area contributed by atoms with Gasteiger partial charge in [-0.15, -0.1) is 0 Å². The molecule has 10 heteroatoms. The van der Waals surface area contributed by atoms with Gasteiger partial charge in [0.15, 0.2) is 0 Å². The highest BCUT2D eigenvalue weighted by Crippen LogP contribution is 2.38. The molecule has 2 aromatic carbocycles. The summed E-state index contributed by atoms with van der Waals surface area (Å²) in [5, 5.41) is 6.06. The number of hydrogen-bond donors (Lipinski definition) is 2. The van der Waals surface area contributed by atoms with Crippen molar-refractivity contribution < 1.29 is 32.2 Å². The summed E-state index contributed by atoms with van der Waals surface area (Å²) in [5.74, 6) is -0.985. The molecular weight excluding hydrogens is 448 g/mol. The largest absolute Gasteiger partial charge is 0.497 e. The molecule has 1 heterocycles. The Hall–Kier alpha value is -3.53. The van der Waals surface area contributed by atoms with Crippen LogP contribution in [0.1, 0.15) is 24.1 Å². The van der Waals surface area contributed by atoms with Crippen molar-refractivity contribution in [2.24, 2.45) is 5.92 Å². The van der Waals surface area contributed by atoms with Crippen molar-refractivity contribution in [3.8, 4) is 11.5 Å². The molecule has 2 atom stereocenters. The lowest BCUT2D eigenvalue weighted by Crippen LogP contribution is -2.51. The SMILES string of the molecule is CCOC(=O)[C@@H]1/C(=C\S(=O)(=O)c2ccc(C)cc2)NC(=O)N[C@H]1c1ccc(OC)cc1OC. The molecule has 1 fully saturated rings.